The Morgan fingerprint density at radius 1 is 1.23 bits per heavy atom. The van der Waals surface area contributed by atoms with Gasteiger partial charge in [-0.3, -0.25) is 4.79 Å². The molecular formula is C24H24N4O2S. The van der Waals surface area contributed by atoms with Gasteiger partial charge in [0, 0.05) is 50.8 Å². The highest BCUT2D eigenvalue weighted by Crippen LogP contribution is 2.43. The molecule has 7 heteroatoms. The Balaban J connectivity index is 1.38. The van der Waals surface area contributed by atoms with E-state index in [2.05, 4.69) is 24.1 Å². The molecule has 0 spiro atoms. The first-order valence-corrected chi connectivity index (χ1v) is 11.3. The molecule has 4 heterocycles. The van der Waals surface area contributed by atoms with Crippen LogP contribution in [0.15, 0.2) is 54.9 Å². The first-order valence-electron chi connectivity index (χ1n) is 10.3. The number of pyridine rings is 1. The van der Waals surface area contributed by atoms with E-state index in [0.29, 0.717) is 22.3 Å². The molecule has 1 atom stereocenters. The molecule has 1 fully saturated rings. The number of benzene rings is 1. The summed E-state index contributed by atoms with van der Waals surface area (Å²) in [6.45, 7) is 4.31. The number of thioether (sulfide) groups is 1. The standard InChI is InChI=1S/C24H24N4O2S/c1-24(2,21-7-8-31-21)22(25)15-9-17-4-3-16(13-28(17)12-15)26-23(30)20-11-14-10-18(29)5-6-19(14)27-20/h3-6,9-13,21,25,27,29H,7-8H2,1-2H3,(H,26,30). The van der Waals surface area contributed by atoms with Gasteiger partial charge in [-0.15, -0.1) is 0 Å². The van der Waals surface area contributed by atoms with Gasteiger partial charge in [0.2, 0.25) is 0 Å². The molecule has 0 saturated carbocycles. The smallest absolute Gasteiger partial charge is 0.272 e. The molecule has 158 valence electrons. The average molecular weight is 433 g/mol. The van der Waals surface area contributed by atoms with E-state index in [-0.39, 0.29) is 17.1 Å². The molecule has 1 amide bonds. The second kappa shape index (κ2) is 7.20. The number of rotatable bonds is 5. The van der Waals surface area contributed by atoms with Crippen LogP contribution in [0.2, 0.25) is 0 Å². The molecule has 1 unspecified atom stereocenters. The number of fused-ring (bicyclic) bond motifs is 2. The van der Waals surface area contributed by atoms with Crippen LogP contribution in [0.4, 0.5) is 5.69 Å². The van der Waals surface area contributed by atoms with Crippen LogP contribution in [0, 0.1) is 10.8 Å². The fraction of sp³-hybridized carbons (Fsp3) is 0.250. The van der Waals surface area contributed by atoms with Gasteiger partial charge in [-0.05, 0) is 54.6 Å². The van der Waals surface area contributed by atoms with Crippen LogP contribution in [0.25, 0.3) is 16.4 Å². The maximum atomic E-state index is 12.7. The number of carbonyl (C=O) groups excluding carboxylic acids is 1. The number of phenols is 1. The van der Waals surface area contributed by atoms with E-state index < -0.39 is 0 Å². The summed E-state index contributed by atoms with van der Waals surface area (Å²) in [7, 11) is 0. The van der Waals surface area contributed by atoms with Gasteiger partial charge in [0.1, 0.15) is 11.4 Å². The van der Waals surface area contributed by atoms with Crippen LogP contribution in [0.5, 0.6) is 5.75 Å². The number of aromatic nitrogens is 2. The topological polar surface area (TPSA) is 93.4 Å². The molecule has 1 aliphatic heterocycles. The third-order valence-electron chi connectivity index (χ3n) is 6.14. The number of H-pyrrole nitrogens is 1. The zero-order valence-electron chi connectivity index (χ0n) is 17.4. The van der Waals surface area contributed by atoms with E-state index >= 15 is 0 Å². The minimum absolute atomic E-state index is 0.164. The molecule has 0 aliphatic carbocycles. The lowest BCUT2D eigenvalue weighted by molar-refractivity contribution is 0.102. The van der Waals surface area contributed by atoms with Crippen molar-refractivity contribution in [2.75, 3.05) is 11.1 Å². The van der Waals surface area contributed by atoms with Crippen molar-refractivity contribution in [2.45, 2.75) is 25.5 Å². The Hall–Kier alpha value is -3.19. The van der Waals surface area contributed by atoms with E-state index in [9.17, 15) is 9.90 Å². The normalized spacial score (nSPS) is 16.4. The number of aromatic amines is 1. The fourth-order valence-electron chi connectivity index (χ4n) is 4.10. The third-order valence-corrected chi connectivity index (χ3v) is 7.83. The van der Waals surface area contributed by atoms with Crippen LogP contribution in [0.1, 0.15) is 36.3 Å². The van der Waals surface area contributed by atoms with Crippen molar-refractivity contribution in [2.24, 2.45) is 5.41 Å². The van der Waals surface area contributed by atoms with E-state index in [1.54, 1.807) is 24.3 Å². The largest absolute Gasteiger partial charge is 0.508 e. The van der Waals surface area contributed by atoms with Gasteiger partial charge in [0.05, 0.1) is 5.69 Å². The zero-order valence-corrected chi connectivity index (χ0v) is 18.2. The summed E-state index contributed by atoms with van der Waals surface area (Å²) in [4.78, 5) is 15.8. The van der Waals surface area contributed by atoms with Crippen molar-refractivity contribution in [3.05, 3.63) is 66.1 Å². The van der Waals surface area contributed by atoms with Crippen LogP contribution in [-0.4, -0.2) is 37.1 Å². The molecule has 31 heavy (non-hydrogen) atoms. The van der Waals surface area contributed by atoms with Gasteiger partial charge in [0.25, 0.3) is 5.91 Å². The molecule has 4 N–H and O–H groups in total. The summed E-state index contributed by atoms with van der Waals surface area (Å²) in [6, 6.07) is 12.5. The minimum Gasteiger partial charge on any atom is -0.508 e. The Morgan fingerprint density at radius 3 is 2.77 bits per heavy atom. The Bertz CT molecular complexity index is 1330. The van der Waals surface area contributed by atoms with Crippen LogP contribution in [-0.2, 0) is 0 Å². The van der Waals surface area contributed by atoms with Crippen LogP contribution < -0.4 is 5.32 Å². The molecule has 0 radical (unpaired) electrons. The van der Waals surface area contributed by atoms with Crippen molar-refractivity contribution in [1.29, 1.82) is 5.41 Å². The van der Waals surface area contributed by atoms with Gasteiger partial charge in [-0.25, -0.2) is 0 Å². The number of anilines is 1. The first-order chi connectivity index (χ1) is 14.8. The SMILES string of the molecule is CC(C)(C(=N)c1cc2ccc(NC(=O)c3cc4cc(O)ccc4[nH]3)cn2c1)C1CCS1. The van der Waals surface area contributed by atoms with Gasteiger partial charge in [-0.2, -0.15) is 11.8 Å². The molecule has 6 nitrogen and oxygen atoms in total. The van der Waals surface area contributed by atoms with Gasteiger partial charge in [0.15, 0.2) is 0 Å². The minimum atomic E-state index is -0.252. The molecule has 1 aliphatic rings. The summed E-state index contributed by atoms with van der Waals surface area (Å²) in [5.74, 6) is 1.09. The lowest BCUT2D eigenvalue weighted by atomic mass is 9.79. The van der Waals surface area contributed by atoms with Crippen LogP contribution in [0.3, 0.4) is 0 Å². The number of carbonyl (C=O) groups is 1. The molecule has 3 aromatic heterocycles. The first kappa shape index (κ1) is 19.8. The van der Waals surface area contributed by atoms with Gasteiger partial charge < -0.3 is 25.2 Å². The van der Waals surface area contributed by atoms with Gasteiger partial charge in [-0.1, -0.05) is 13.8 Å². The lowest BCUT2D eigenvalue weighted by Crippen LogP contribution is -2.39. The lowest BCUT2D eigenvalue weighted by Gasteiger charge is -2.40. The summed E-state index contributed by atoms with van der Waals surface area (Å²) in [5.41, 5.74) is 4.26. The van der Waals surface area contributed by atoms with Crippen molar-refractivity contribution >= 4 is 45.5 Å². The van der Waals surface area contributed by atoms with E-state index in [1.165, 1.54) is 5.75 Å². The van der Waals surface area contributed by atoms with E-state index in [4.69, 9.17) is 5.41 Å². The Morgan fingerprint density at radius 2 is 2.03 bits per heavy atom. The fourth-order valence-corrected chi connectivity index (χ4v) is 5.10. The summed E-state index contributed by atoms with van der Waals surface area (Å²) >= 11 is 1.94. The molecule has 4 aromatic rings. The Kier molecular flexibility index (Phi) is 4.59. The number of phenolic OH excluding ortho intramolecular Hbond substituents is 1. The summed E-state index contributed by atoms with van der Waals surface area (Å²) in [6.07, 6.45) is 4.99. The molecule has 5 rings (SSSR count). The third kappa shape index (κ3) is 3.49. The highest BCUT2D eigenvalue weighted by molar-refractivity contribution is 8.01. The molecule has 0 bridgehead atoms. The Labute approximate surface area is 184 Å². The number of aromatic hydroxyl groups is 1. The predicted octanol–water partition coefficient (Wildman–Crippen LogP) is 5.28. The number of hydrogen-bond donors (Lipinski definition) is 4. The van der Waals surface area contributed by atoms with E-state index in [1.807, 2.05) is 46.8 Å². The monoisotopic (exact) mass is 432 g/mol. The van der Waals surface area contributed by atoms with Crippen molar-refractivity contribution in [1.82, 2.24) is 9.38 Å². The number of nitrogens with one attached hydrogen (secondary N) is 3. The zero-order chi connectivity index (χ0) is 21.8. The number of amides is 1. The van der Waals surface area contributed by atoms with Crippen molar-refractivity contribution in [3.8, 4) is 5.75 Å². The number of hydrogen-bond acceptors (Lipinski definition) is 4. The number of nitrogens with zero attached hydrogens (tertiary/aromatic N) is 1. The second-order valence-corrected chi connectivity index (χ2v) is 9.94. The highest BCUT2D eigenvalue weighted by Gasteiger charge is 2.38. The average Bonchev–Trinajstić information content (AvgIpc) is 3.28. The molecule has 1 aromatic carbocycles. The molecule has 1 saturated heterocycles. The second-order valence-electron chi connectivity index (χ2n) is 8.63. The van der Waals surface area contributed by atoms with Crippen LogP contribution >= 0.6 is 11.8 Å². The quantitative estimate of drug-likeness (QED) is 0.323. The summed E-state index contributed by atoms with van der Waals surface area (Å²) in [5, 5.41) is 22.6. The maximum absolute atomic E-state index is 12.7. The van der Waals surface area contributed by atoms with Crippen molar-refractivity contribution in [3.63, 3.8) is 0 Å². The maximum Gasteiger partial charge on any atom is 0.272 e. The predicted molar refractivity (Wildman–Crippen MR) is 127 cm³/mol. The van der Waals surface area contributed by atoms with Crippen molar-refractivity contribution < 1.29 is 9.90 Å². The summed E-state index contributed by atoms with van der Waals surface area (Å²) < 4.78 is 1.95. The van der Waals surface area contributed by atoms with E-state index in [0.717, 1.165) is 28.4 Å². The highest BCUT2D eigenvalue weighted by atomic mass is 32.2. The molecular weight excluding hydrogens is 408 g/mol. The van der Waals surface area contributed by atoms with Gasteiger partial charge >= 0.3 is 0 Å².